The topological polar surface area (TPSA) is 69.6 Å². The van der Waals surface area contributed by atoms with Crippen LogP contribution in [-0.2, 0) is 9.59 Å². The average molecular weight is 260 g/mol. The highest BCUT2D eigenvalue weighted by atomic mass is 16.4. The number of hydrogen-bond donors (Lipinski definition) is 2. The second-order valence-corrected chi connectivity index (χ2v) is 3.83. The lowest BCUT2D eigenvalue weighted by atomic mass is 10.2. The molecule has 0 heterocycles. The van der Waals surface area contributed by atoms with Crippen LogP contribution in [0.1, 0.15) is 6.42 Å². The minimum Gasteiger partial charge on any atom is -0.481 e. The van der Waals surface area contributed by atoms with Crippen LogP contribution in [0.4, 0.5) is 5.69 Å². The van der Waals surface area contributed by atoms with Gasteiger partial charge in [0.25, 0.3) is 0 Å². The van der Waals surface area contributed by atoms with Gasteiger partial charge in [-0.1, -0.05) is 24.1 Å². The number of hydrogen-bond acceptors (Lipinski definition) is 3. The van der Waals surface area contributed by atoms with Crippen molar-refractivity contribution in [2.75, 3.05) is 24.5 Å². The van der Waals surface area contributed by atoms with Crippen molar-refractivity contribution in [3.63, 3.8) is 0 Å². The van der Waals surface area contributed by atoms with Crippen molar-refractivity contribution in [1.29, 1.82) is 0 Å². The van der Waals surface area contributed by atoms with Gasteiger partial charge in [-0.25, -0.2) is 0 Å². The molecule has 0 bridgehead atoms. The average Bonchev–Trinajstić information content (AvgIpc) is 2.40. The first-order valence-corrected chi connectivity index (χ1v) is 5.86. The number of rotatable bonds is 7. The molecule has 1 aromatic rings. The van der Waals surface area contributed by atoms with Gasteiger partial charge in [0.2, 0.25) is 5.91 Å². The van der Waals surface area contributed by atoms with E-state index in [-0.39, 0.29) is 25.4 Å². The molecular formula is C14H16N2O3. The Hall–Kier alpha value is -2.32. The minimum atomic E-state index is -0.940. The predicted octanol–water partition coefficient (Wildman–Crippen LogP) is 0.717. The number of terminal acetylenes is 1. The molecule has 0 radical (unpaired) electrons. The summed E-state index contributed by atoms with van der Waals surface area (Å²) in [7, 11) is 0. The number of aliphatic carboxylic acids is 1. The summed E-state index contributed by atoms with van der Waals surface area (Å²) in [5.41, 5.74) is 0.677. The van der Waals surface area contributed by atoms with Gasteiger partial charge in [0, 0.05) is 12.2 Å². The fraction of sp³-hybridized carbons (Fsp3) is 0.286. The molecule has 0 fully saturated rings. The molecule has 0 aliphatic carbocycles. The summed E-state index contributed by atoms with van der Waals surface area (Å²) in [5, 5.41) is 11.5. The van der Waals surface area contributed by atoms with Crippen LogP contribution in [0, 0.1) is 12.3 Å². The Labute approximate surface area is 112 Å². The lowest BCUT2D eigenvalue weighted by Crippen LogP contribution is -2.39. The lowest BCUT2D eigenvalue weighted by Gasteiger charge is -2.22. The van der Waals surface area contributed by atoms with Gasteiger partial charge >= 0.3 is 5.97 Å². The van der Waals surface area contributed by atoms with Crippen LogP contribution in [0.15, 0.2) is 30.3 Å². The summed E-state index contributed by atoms with van der Waals surface area (Å²) in [4.78, 5) is 24.1. The van der Waals surface area contributed by atoms with Crippen LogP contribution in [0.25, 0.3) is 0 Å². The zero-order chi connectivity index (χ0) is 14.1. The van der Waals surface area contributed by atoms with Crippen LogP contribution in [0.2, 0.25) is 0 Å². The van der Waals surface area contributed by atoms with Crippen LogP contribution >= 0.6 is 0 Å². The number of carbonyl (C=O) groups excluding carboxylic acids is 1. The quantitative estimate of drug-likeness (QED) is 0.560. The van der Waals surface area contributed by atoms with Crippen LogP contribution in [0.3, 0.4) is 0 Å². The summed E-state index contributed by atoms with van der Waals surface area (Å²) in [6.45, 7) is 0.516. The standard InChI is InChI=1S/C14H16N2O3/c1-2-9-15-11-13(17)16(10-8-14(18)19)12-6-4-3-5-7-12/h1,3-7,15H,8-11H2,(H,18,19). The summed E-state index contributed by atoms with van der Waals surface area (Å²) in [6.07, 6.45) is 4.98. The summed E-state index contributed by atoms with van der Waals surface area (Å²) in [5.74, 6) is 1.23. The highest BCUT2D eigenvalue weighted by Gasteiger charge is 2.15. The van der Waals surface area contributed by atoms with E-state index >= 15 is 0 Å². The smallest absolute Gasteiger partial charge is 0.305 e. The molecule has 2 N–H and O–H groups in total. The van der Waals surface area contributed by atoms with Crippen molar-refractivity contribution in [3.8, 4) is 12.3 Å². The number of amides is 1. The molecule has 0 aliphatic heterocycles. The number of benzene rings is 1. The SMILES string of the molecule is C#CCNCC(=O)N(CCC(=O)O)c1ccccc1. The molecule has 5 heteroatoms. The number of carboxylic acid groups (broad SMARTS) is 1. The molecule has 0 saturated heterocycles. The summed E-state index contributed by atoms with van der Waals surface area (Å²) < 4.78 is 0. The van der Waals surface area contributed by atoms with E-state index in [1.54, 1.807) is 24.3 Å². The van der Waals surface area contributed by atoms with E-state index in [1.165, 1.54) is 4.90 Å². The van der Waals surface area contributed by atoms with Crippen molar-refractivity contribution >= 4 is 17.6 Å². The summed E-state index contributed by atoms with van der Waals surface area (Å²) in [6, 6.07) is 8.96. The van der Waals surface area contributed by atoms with Crippen LogP contribution in [-0.4, -0.2) is 36.6 Å². The molecule has 19 heavy (non-hydrogen) atoms. The minimum absolute atomic E-state index is 0.0821. The predicted molar refractivity (Wildman–Crippen MR) is 72.8 cm³/mol. The third-order valence-electron chi connectivity index (χ3n) is 2.42. The molecule has 0 spiro atoms. The Morgan fingerprint density at radius 3 is 2.58 bits per heavy atom. The Kier molecular flexibility index (Phi) is 6.13. The van der Waals surface area contributed by atoms with Crippen molar-refractivity contribution in [2.24, 2.45) is 0 Å². The van der Waals surface area contributed by atoms with Gasteiger partial charge < -0.3 is 10.0 Å². The molecule has 5 nitrogen and oxygen atoms in total. The Morgan fingerprint density at radius 2 is 2.00 bits per heavy atom. The van der Waals surface area contributed by atoms with Gasteiger partial charge in [0.05, 0.1) is 19.5 Å². The molecule has 0 atom stereocenters. The van der Waals surface area contributed by atoms with E-state index in [4.69, 9.17) is 11.5 Å². The van der Waals surface area contributed by atoms with Crippen molar-refractivity contribution in [2.45, 2.75) is 6.42 Å². The molecule has 0 aromatic heterocycles. The van der Waals surface area contributed by atoms with E-state index in [2.05, 4.69) is 11.2 Å². The van der Waals surface area contributed by atoms with E-state index in [1.807, 2.05) is 6.07 Å². The van der Waals surface area contributed by atoms with E-state index in [0.717, 1.165) is 0 Å². The normalized spacial score (nSPS) is 9.63. The largest absolute Gasteiger partial charge is 0.481 e. The number of para-hydroxylation sites is 1. The second-order valence-electron chi connectivity index (χ2n) is 3.83. The van der Waals surface area contributed by atoms with Crippen molar-refractivity contribution < 1.29 is 14.7 Å². The van der Waals surface area contributed by atoms with E-state index in [9.17, 15) is 9.59 Å². The molecule has 0 unspecified atom stereocenters. The monoisotopic (exact) mass is 260 g/mol. The highest BCUT2D eigenvalue weighted by Crippen LogP contribution is 2.13. The molecule has 1 aromatic carbocycles. The Bertz CT molecular complexity index is 465. The molecule has 1 rings (SSSR count). The maximum Gasteiger partial charge on any atom is 0.305 e. The lowest BCUT2D eigenvalue weighted by molar-refractivity contribution is -0.136. The molecular weight excluding hydrogens is 244 g/mol. The van der Waals surface area contributed by atoms with Gasteiger partial charge in [0.1, 0.15) is 0 Å². The number of nitrogens with one attached hydrogen (secondary N) is 1. The zero-order valence-electron chi connectivity index (χ0n) is 10.5. The first-order chi connectivity index (χ1) is 9.15. The van der Waals surface area contributed by atoms with Gasteiger partial charge in [0.15, 0.2) is 0 Å². The number of nitrogens with zero attached hydrogens (tertiary/aromatic N) is 1. The number of carboxylic acids is 1. The number of carbonyl (C=O) groups is 2. The van der Waals surface area contributed by atoms with Gasteiger partial charge in [-0.05, 0) is 12.1 Å². The van der Waals surface area contributed by atoms with Crippen molar-refractivity contribution in [3.05, 3.63) is 30.3 Å². The number of anilines is 1. The second kappa shape index (κ2) is 7.90. The highest BCUT2D eigenvalue weighted by molar-refractivity contribution is 5.95. The zero-order valence-corrected chi connectivity index (χ0v) is 10.5. The third-order valence-corrected chi connectivity index (χ3v) is 2.42. The van der Waals surface area contributed by atoms with E-state index in [0.29, 0.717) is 12.2 Å². The van der Waals surface area contributed by atoms with Gasteiger partial charge in [-0.2, -0.15) is 0 Å². The molecule has 0 aliphatic rings. The first-order valence-electron chi connectivity index (χ1n) is 5.86. The third kappa shape index (κ3) is 5.23. The first kappa shape index (κ1) is 14.7. The summed E-state index contributed by atoms with van der Waals surface area (Å²) >= 11 is 0. The van der Waals surface area contributed by atoms with Crippen molar-refractivity contribution in [1.82, 2.24) is 5.32 Å². The molecule has 100 valence electrons. The Balaban J connectivity index is 2.72. The Morgan fingerprint density at radius 1 is 1.32 bits per heavy atom. The van der Waals surface area contributed by atoms with Gasteiger partial charge in [-0.15, -0.1) is 6.42 Å². The van der Waals surface area contributed by atoms with Crippen LogP contribution in [0.5, 0.6) is 0 Å². The van der Waals surface area contributed by atoms with Gasteiger partial charge in [-0.3, -0.25) is 14.9 Å². The molecule has 0 saturated carbocycles. The molecule has 1 amide bonds. The maximum atomic E-state index is 12.0. The fourth-order valence-corrected chi connectivity index (χ4v) is 1.55. The maximum absolute atomic E-state index is 12.0. The van der Waals surface area contributed by atoms with E-state index < -0.39 is 5.97 Å². The fourth-order valence-electron chi connectivity index (χ4n) is 1.55. The van der Waals surface area contributed by atoms with Crippen LogP contribution < -0.4 is 10.2 Å².